The summed E-state index contributed by atoms with van der Waals surface area (Å²) in [6, 6.07) is 5.40. The molecule has 5 heteroatoms. The fourth-order valence-electron chi connectivity index (χ4n) is 1.40. The number of benzene rings is 1. The molecule has 0 heterocycles. The topological polar surface area (TPSA) is 60.2 Å². The Labute approximate surface area is 102 Å². The van der Waals surface area contributed by atoms with E-state index < -0.39 is 20.6 Å². The van der Waals surface area contributed by atoms with Gasteiger partial charge in [-0.1, -0.05) is 12.1 Å². The Morgan fingerprint density at radius 2 is 1.76 bits per heavy atom. The van der Waals surface area contributed by atoms with E-state index in [4.69, 9.17) is 5.73 Å². The highest BCUT2D eigenvalue weighted by molar-refractivity contribution is 7.92. The first-order valence-corrected chi connectivity index (χ1v) is 7.23. The molecular weight excluding hydrogens is 241 g/mol. The first-order valence-electron chi connectivity index (χ1n) is 5.34. The van der Waals surface area contributed by atoms with Crippen LogP contribution in [-0.4, -0.2) is 25.5 Å². The molecule has 0 saturated heterocycles. The third-order valence-corrected chi connectivity index (χ3v) is 5.43. The molecule has 1 rings (SSSR count). The molecule has 0 aliphatic heterocycles. The van der Waals surface area contributed by atoms with E-state index in [-0.39, 0.29) is 5.82 Å². The van der Waals surface area contributed by atoms with Gasteiger partial charge in [0.2, 0.25) is 0 Å². The minimum Gasteiger partial charge on any atom is -0.326 e. The molecule has 3 nitrogen and oxygen atoms in total. The van der Waals surface area contributed by atoms with Crippen LogP contribution in [0.1, 0.15) is 19.4 Å². The van der Waals surface area contributed by atoms with Crippen LogP contribution in [0.25, 0.3) is 0 Å². The SMILES string of the molecule is CC(C)(C(N)Cc1ccc(F)cc1)S(C)(=O)=O. The molecule has 1 atom stereocenters. The number of hydrogen-bond acceptors (Lipinski definition) is 3. The van der Waals surface area contributed by atoms with Gasteiger partial charge in [-0.3, -0.25) is 0 Å². The van der Waals surface area contributed by atoms with Gasteiger partial charge in [-0.05, 0) is 38.0 Å². The second kappa shape index (κ2) is 4.74. The van der Waals surface area contributed by atoms with Crippen molar-refractivity contribution in [2.24, 2.45) is 5.73 Å². The zero-order valence-electron chi connectivity index (χ0n) is 10.3. The second-order valence-electron chi connectivity index (χ2n) is 4.81. The van der Waals surface area contributed by atoms with Crippen LogP contribution in [0.5, 0.6) is 0 Å². The lowest BCUT2D eigenvalue weighted by molar-refractivity contribution is 0.482. The van der Waals surface area contributed by atoms with Crippen molar-refractivity contribution in [3.05, 3.63) is 35.6 Å². The number of halogens is 1. The first-order chi connectivity index (χ1) is 7.64. The number of nitrogens with two attached hydrogens (primary N) is 1. The van der Waals surface area contributed by atoms with Gasteiger partial charge in [0, 0.05) is 12.3 Å². The molecule has 0 aromatic heterocycles. The van der Waals surface area contributed by atoms with E-state index in [1.807, 2.05) is 0 Å². The van der Waals surface area contributed by atoms with Gasteiger partial charge in [0.1, 0.15) is 5.82 Å². The zero-order valence-corrected chi connectivity index (χ0v) is 11.1. The lowest BCUT2D eigenvalue weighted by Gasteiger charge is -2.29. The number of hydrogen-bond donors (Lipinski definition) is 1. The van der Waals surface area contributed by atoms with Gasteiger partial charge in [0.25, 0.3) is 0 Å². The van der Waals surface area contributed by atoms with Gasteiger partial charge < -0.3 is 5.73 Å². The average Bonchev–Trinajstić information content (AvgIpc) is 2.19. The maximum atomic E-state index is 12.7. The molecule has 0 fully saturated rings. The normalized spacial score (nSPS) is 14.6. The van der Waals surface area contributed by atoms with Crippen molar-refractivity contribution >= 4 is 9.84 Å². The summed E-state index contributed by atoms with van der Waals surface area (Å²) in [4.78, 5) is 0. The minimum absolute atomic E-state index is 0.315. The summed E-state index contributed by atoms with van der Waals surface area (Å²) in [6.07, 6.45) is 1.58. The molecule has 1 aromatic rings. The van der Waals surface area contributed by atoms with Gasteiger partial charge in [-0.15, -0.1) is 0 Å². The number of rotatable bonds is 4. The summed E-state index contributed by atoms with van der Waals surface area (Å²) in [7, 11) is -3.23. The van der Waals surface area contributed by atoms with Gasteiger partial charge in [-0.25, -0.2) is 12.8 Å². The van der Waals surface area contributed by atoms with Crippen LogP contribution in [0.2, 0.25) is 0 Å². The molecule has 0 aliphatic carbocycles. The van der Waals surface area contributed by atoms with Crippen LogP contribution < -0.4 is 5.73 Å². The Balaban J connectivity index is 2.86. The molecule has 17 heavy (non-hydrogen) atoms. The monoisotopic (exact) mass is 259 g/mol. The third-order valence-electron chi connectivity index (χ3n) is 3.22. The van der Waals surface area contributed by atoms with E-state index >= 15 is 0 Å². The van der Waals surface area contributed by atoms with E-state index in [2.05, 4.69) is 0 Å². The standard InChI is InChI=1S/C12H18FNO2S/c1-12(2,17(3,15)16)11(14)8-9-4-6-10(13)7-5-9/h4-7,11H,8,14H2,1-3H3. The lowest BCUT2D eigenvalue weighted by atomic mass is 9.96. The molecule has 0 saturated carbocycles. The second-order valence-corrected chi connectivity index (χ2v) is 7.41. The quantitative estimate of drug-likeness (QED) is 0.891. The van der Waals surface area contributed by atoms with Crippen molar-refractivity contribution in [3.63, 3.8) is 0 Å². The Morgan fingerprint density at radius 1 is 1.29 bits per heavy atom. The van der Waals surface area contributed by atoms with Crippen LogP contribution in [0, 0.1) is 5.82 Å². The third kappa shape index (κ3) is 3.26. The van der Waals surface area contributed by atoms with Crippen LogP contribution in [0.15, 0.2) is 24.3 Å². The van der Waals surface area contributed by atoms with Crippen LogP contribution in [0.4, 0.5) is 4.39 Å². The smallest absolute Gasteiger partial charge is 0.154 e. The molecular formula is C12H18FNO2S. The Kier molecular flexibility index (Phi) is 3.94. The molecule has 0 amide bonds. The molecule has 1 aromatic carbocycles. The molecule has 0 radical (unpaired) electrons. The van der Waals surface area contributed by atoms with Crippen molar-refractivity contribution in [1.82, 2.24) is 0 Å². The Bertz CT molecular complexity index is 480. The molecule has 0 spiro atoms. The first kappa shape index (κ1) is 14.1. The molecule has 2 N–H and O–H groups in total. The molecule has 0 aliphatic rings. The molecule has 1 unspecified atom stereocenters. The fraction of sp³-hybridized carbons (Fsp3) is 0.500. The van der Waals surface area contributed by atoms with E-state index in [0.29, 0.717) is 6.42 Å². The van der Waals surface area contributed by atoms with Crippen LogP contribution >= 0.6 is 0 Å². The van der Waals surface area contributed by atoms with Crippen molar-refractivity contribution in [2.75, 3.05) is 6.26 Å². The molecule has 0 bridgehead atoms. The van der Waals surface area contributed by atoms with Crippen molar-refractivity contribution < 1.29 is 12.8 Å². The minimum atomic E-state index is -3.23. The highest BCUT2D eigenvalue weighted by Gasteiger charge is 2.36. The molecule has 96 valence electrons. The average molecular weight is 259 g/mol. The van der Waals surface area contributed by atoms with Gasteiger partial charge in [0.15, 0.2) is 9.84 Å². The summed E-state index contributed by atoms with van der Waals surface area (Å²) in [5.74, 6) is -0.315. The number of sulfone groups is 1. The summed E-state index contributed by atoms with van der Waals surface area (Å²) < 4.78 is 34.9. The summed E-state index contributed by atoms with van der Waals surface area (Å²) in [5, 5.41) is 0. The maximum absolute atomic E-state index is 12.7. The zero-order chi connectivity index (χ0) is 13.3. The van der Waals surface area contributed by atoms with E-state index in [1.165, 1.54) is 18.4 Å². The maximum Gasteiger partial charge on any atom is 0.154 e. The largest absolute Gasteiger partial charge is 0.326 e. The lowest BCUT2D eigenvalue weighted by Crippen LogP contribution is -2.49. The highest BCUT2D eigenvalue weighted by Crippen LogP contribution is 2.21. The van der Waals surface area contributed by atoms with Crippen molar-refractivity contribution in [1.29, 1.82) is 0 Å². The Morgan fingerprint density at radius 3 is 2.18 bits per heavy atom. The van der Waals surface area contributed by atoms with Crippen molar-refractivity contribution in [3.8, 4) is 0 Å². The van der Waals surface area contributed by atoms with E-state index in [9.17, 15) is 12.8 Å². The van der Waals surface area contributed by atoms with E-state index in [1.54, 1.807) is 26.0 Å². The predicted molar refractivity (Wildman–Crippen MR) is 67.0 cm³/mol. The van der Waals surface area contributed by atoms with Gasteiger partial charge in [-0.2, -0.15) is 0 Å². The van der Waals surface area contributed by atoms with Crippen LogP contribution in [-0.2, 0) is 16.3 Å². The predicted octanol–water partition coefficient (Wildman–Crippen LogP) is 1.52. The van der Waals surface area contributed by atoms with Gasteiger partial charge >= 0.3 is 0 Å². The summed E-state index contributed by atoms with van der Waals surface area (Å²) in [6.45, 7) is 3.22. The van der Waals surface area contributed by atoms with Crippen molar-refractivity contribution in [2.45, 2.75) is 31.1 Å². The highest BCUT2D eigenvalue weighted by atomic mass is 32.2. The van der Waals surface area contributed by atoms with Crippen LogP contribution in [0.3, 0.4) is 0 Å². The summed E-state index contributed by atoms with van der Waals surface area (Å²) in [5.41, 5.74) is 6.76. The van der Waals surface area contributed by atoms with E-state index in [0.717, 1.165) is 5.56 Å². The fourth-order valence-corrected chi connectivity index (χ4v) is 2.03. The Hall–Kier alpha value is -0.940. The van der Waals surface area contributed by atoms with Gasteiger partial charge in [0.05, 0.1) is 4.75 Å². The summed E-state index contributed by atoms with van der Waals surface area (Å²) >= 11 is 0.